The fourth-order valence-electron chi connectivity index (χ4n) is 1.20. The number of nitrogens with one attached hydrogen (secondary N) is 2. The van der Waals surface area contributed by atoms with E-state index in [4.69, 9.17) is 11.5 Å². The van der Waals surface area contributed by atoms with Gasteiger partial charge in [0.05, 0.1) is 0 Å². The van der Waals surface area contributed by atoms with Gasteiger partial charge >= 0.3 is 29.6 Å². The Hall–Kier alpha value is 0.840. The third kappa shape index (κ3) is 17.5. The third-order valence-corrected chi connectivity index (χ3v) is 2.07. The Labute approximate surface area is 116 Å². The van der Waals surface area contributed by atoms with Crippen LogP contribution in [0.1, 0.15) is 25.7 Å². The third-order valence-electron chi connectivity index (χ3n) is 2.07. The van der Waals surface area contributed by atoms with Gasteiger partial charge in [-0.15, -0.1) is 0 Å². The molecule has 0 amide bonds. The van der Waals surface area contributed by atoms with E-state index in [2.05, 4.69) is 10.6 Å². The molecule has 0 fully saturated rings. The first kappa shape index (κ1) is 18.2. The monoisotopic (exact) mass is 226 g/mol. The Bertz CT molecular complexity index is 91.4. The van der Waals surface area contributed by atoms with Gasteiger partial charge in [-0.05, 0) is 65.0 Å². The minimum absolute atomic E-state index is 0. The predicted octanol–water partition coefficient (Wildman–Crippen LogP) is -1.01. The summed E-state index contributed by atoms with van der Waals surface area (Å²) in [6.07, 6.45) is 4.63. The number of hydrogen-bond acceptors (Lipinski definition) is 4. The van der Waals surface area contributed by atoms with Crippen molar-refractivity contribution in [2.24, 2.45) is 11.5 Å². The second-order valence-corrected chi connectivity index (χ2v) is 3.49. The van der Waals surface area contributed by atoms with Crippen LogP contribution < -0.4 is 22.1 Å². The minimum atomic E-state index is 0. The van der Waals surface area contributed by atoms with Gasteiger partial charge in [0.25, 0.3) is 0 Å². The molecule has 0 unspecified atom stereocenters. The number of nitrogens with two attached hydrogens (primary N) is 2. The second kappa shape index (κ2) is 17.2. The maximum absolute atomic E-state index is 5.38. The van der Waals surface area contributed by atoms with Crippen LogP contribution in [0.15, 0.2) is 0 Å². The molecule has 6 N–H and O–H groups in total. The van der Waals surface area contributed by atoms with E-state index in [1.165, 1.54) is 12.8 Å². The van der Waals surface area contributed by atoms with Gasteiger partial charge in [0.2, 0.25) is 0 Å². The van der Waals surface area contributed by atoms with Crippen LogP contribution in [0.25, 0.3) is 0 Å². The number of rotatable bonds is 11. The molecule has 0 atom stereocenters. The summed E-state index contributed by atoms with van der Waals surface area (Å²) >= 11 is 0. The van der Waals surface area contributed by atoms with Gasteiger partial charge in [-0.3, -0.25) is 0 Å². The Balaban J connectivity index is 0. The summed E-state index contributed by atoms with van der Waals surface area (Å²) in [5, 5.41) is 6.72. The van der Waals surface area contributed by atoms with Gasteiger partial charge in [-0.2, -0.15) is 0 Å². The zero-order valence-electron chi connectivity index (χ0n) is 9.23. The Morgan fingerprint density at radius 3 is 1.27 bits per heavy atom. The van der Waals surface area contributed by atoms with E-state index >= 15 is 0 Å². The van der Waals surface area contributed by atoms with Crippen molar-refractivity contribution in [3.05, 3.63) is 0 Å². The van der Waals surface area contributed by atoms with E-state index in [1.807, 2.05) is 0 Å². The summed E-state index contributed by atoms with van der Waals surface area (Å²) < 4.78 is 0. The number of hydrogen-bond donors (Lipinski definition) is 4. The molecule has 0 saturated heterocycles. The molecule has 0 aliphatic heterocycles. The SMILES string of the molecule is NCCCNCCCCNCCCN.[NaH]. The maximum atomic E-state index is 5.38. The average Bonchev–Trinajstić information content (AvgIpc) is 2.21. The molecule has 5 heteroatoms. The summed E-state index contributed by atoms with van der Waals surface area (Å²) in [5.74, 6) is 0. The normalized spacial score (nSPS) is 10.0. The molecule has 0 heterocycles. The molecule has 0 radical (unpaired) electrons. The molecule has 0 aliphatic carbocycles. The van der Waals surface area contributed by atoms with E-state index in [-0.39, 0.29) is 29.6 Å². The zero-order valence-corrected chi connectivity index (χ0v) is 9.23. The van der Waals surface area contributed by atoms with E-state index in [9.17, 15) is 0 Å². The summed E-state index contributed by atoms with van der Waals surface area (Å²) in [4.78, 5) is 0. The van der Waals surface area contributed by atoms with Crippen LogP contribution in [-0.2, 0) is 0 Å². The molecule has 4 nitrogen and oxygen atoms in total. The zero-order chi connectivity index (χ0) is 10.5. The Morgan fingerprint density at radius 1 is 0.600 bits per heavy atom. The summed E-state index contributed by atoms with van der Waals surface area (Å²) in [5.41, 5.74) is 10.8. The van der Waals surface area contributed by atoms with Crippen molar-refractivity contribution >= 4 is 29.6 Å². The molecule has 0 aliphatic rings. The molecule has 88 valence electrons. The van der Waals surface area contributed by atoms with Crippen molar-refractivity contribution in [3.63, 3.8) is 0 Å². The van der Waals surface area contributed by atoms with Gasteiger partial charge in [0, 0.05) is 0 Å². The topological polar surface area (TPSA) is 76.1 Å². The van der Waals surface area contributed by atoms with Crippen LogP contribution >= 0.6 is 0 Å². The average molecular weight is 226 g/mol. The van der Waals surface area contributed by atoms with E-state index in [1.54, 1.807) is 0 Å². The molecule has 0 bridgehead atoms. The Morgan fingerprint density at radius 2 is 0.933 bits per heavy atom. The molecule has 0 aromatic heterocycles. The van der Waals surface area contributed by atoms with Crippen molar-refractivity contribution in [3.8, 4) is 0 Å². The fourth-order valence-corrected chi connectivity index (χ4v) is 1.20. The molecule has 0 rings (SSSR count). The van der Waals surface area contributed by atoms with Gasteiger partial charge in [0.1, 0.15) is 0 Å². The van der Waals surface area contributed by atoms with Gasteiger partial charge in [-0.1, -0.05) is 0 Å². The van der Waals surface area contributed by atoms with Crippen molar-refractivity contribution in [2.75, 3.05) is 39.3 Å². The molecular formula is C10H27N4Na. The summed E-state index contributed by atoms with van der Waals surface area (Å²) in [6.45, 7) is 5.90. The first-order valence-electron chi connectivity index (χ1n) is 5.73. The number of unbranched alkanes of at least 4 members (excludes halogenated alkanes) is 1. The van der Waals surface area contributed by atoms with Gasteiger partial charge < -0.3 is 22.1 Å². The van der Waals surface area contributed by atoms with E-state index < -0.39 is 0 Å². The van der Waals surface area contributed by atoms with Crippen molar-refractivity contribution in [2.45, 2.75) is 25.7 Å². The molecule has 0 spiro atoms. The predicted molar refractivity (Wildman–Crippen MR) is 69.5 cm³/mol. The van der Waals surface area contributed by atoms with E-state index in [0.717, 1.165) is 52.1 Å². The second-order valence-electron chi connectivity index (χ2n) is 3.49. The Kier molecular flexibility index (Phi) is 20.9. The quantitative estimate of drug-likeness (QED) is 0.269. The van der Waals surface area contributed by atoms with Crippen molar-refractivity contribution in [1.82, 2.24) is 10.6 Å². The summed E-state index contributed by atoms with van der Waals surface area (Å²) in [6, 6.07) is 0. The van der Waals surface area contributed by atoms with Gasteiger partial charge in [-0.25, -0.2) is 0 Å². The molecular weight excluding hydrogens is 199 g/mol. The van der Waals surface area contributed by atoms with Crippen LogP contribution in [0, 0.1) is 0 Å². The van der Waals surface area contributed by atoms with Crippen molar-refractivity contribution in [1.29, 1.82) is 0 Å². The van der Waals surface area contributed by atoms with E-state index in [0.29, 0.717) is 0 Å². The first-order valence-corrected chi connectivity index (χ1v) is 5.73. The van der Waals surface area contributed by atoms with Crippen LogP contribution in [0.2, 0.25) is 0 Å². The molecule has 0 saturated carbocycles. The first-order chi connectivity index (χ1) is 6.91. The van der Waals surface area contributed by atoms with Crippen LogP contribution in [0.4, 0.5) is 0 Å². The molecule has 0 aromatic carbocycles. The van der Waals surface area contributed by atoms with Crippen LogP contribution in [-0.4, -0.2) is 68.8 Å². The summed E-state index contributed by atoms with van der Waals surface area (Å²) in [7, 11) is 0. The van der Waals surface area contributed by atoms with Crippen LogP contribution in [0.3, 0.4) is 0 Å². The molecule has 15 heavy (non-hydrogen) atoms. The van der Waals surface area contributed by atoms with Crippen LogP contribution in [0.5, 0.6) is 0 Å². The van der Waals surface area contributed by atoms with Gasteiger partial charge in [0.15, 0.2) is 0 Å². The van der Waals surface area contributed by atoms with Crippen molar-refractivity contribution < 1.29 is 0 Å². The fraction of sp³-hybridized carbons (Fsp3) is 1.00. The molecule has 0 aromatic rings. The standard InChI is InChI=1S/C10H26N4.Na.H/c11-5-3-9-13-7-1-2-8-14-10-4-6-12;;/h13-14H,1-12H2;;.